The number of hydrogen-bond acceptors (Lipinski definition) is 5. The van der Waals surface area contributed by atoms with E-state index in [2.05, 4.69) is 58.7 Å². The number of nitrogens with zero attached hydrogens (tertiary/aromatic N) is 2. The van der Waals surface area contributed by atoms with E-state index in [0.29, 0.717) is 0 Å². The Bertz CT molecular complexity index is 720. The summed E-state index contributed by atoms with van der Waals surface area (Å²) in [5, 5.41) is 16.7. The maximum absolute atomic E-state index is 8.97. The van der Waals surface area contributed by atoms with Crippen LogP contribution in [0.2, 0.25) is 0 Å². The van der Waals surface area contributed by atoms with Crippen molar-refractivity contribution < 1.29 is 5.11 Å². The normalized spacial score (nSPS) is 24.0. The molecule has 0 aliphatic carbocycles. The molecule has 0 bridgehead atoms. The van der Waals surface area contributed by atoms with Gasteiger partial charge in [-0.05, 0) is 48.5 Å². The number of pyridine rings is 1. The van der Waals surface area contributed by atoms with E-state index in [1.165, 1.54) is 24.0 Å². The lowest BCUT2D eigenvalue weighted by Gasteiger charge is -2.28. The third kappa shape index (κ3) is 4.66. The SMILES string of the molecule is C=CC1NN=CC1C1=CNC(c2ccc(CCCO)nc2)C=C1CCCC. The molecule has 3 unspecified atom stereocenters. The van der Waals surface area contributed by atoms with Gasteiger partial charge >= 0.3 is 0 Å². The Morgan fingerprint density at radius 2 is 2.15 bits per heavy atom. The molecule has 2 aliphatic heterocycles. The summed E-state index contributed by atoms with van der Waals surface area (Å²) in [4.78, 5) is 4.55. The number of aromatic nitrogens is 1. The van der Waals surface area contributed by atoms with Gasteiger partial charge in [-0.1, -0.05) is 31.6 Å². The number of allylic oxidation sites excluding steroid dienone is 1. The predicted octanol–water partition coefficient (Wildman–Crippen LogP) is 3.41. The van der Waals surface area contributed by atoms with E-state index in [0.717, 1.165) is 30.5 Å². The number of aliphatic hydroxyl groups is 1. The Kier molecular flexibility index (Phi) is 6.82. The molecule has 3 rings (SSSR count). The fraction of sp³-hybridized carbons (Fsp3) is 0.455. The topological polar surface area (TPSA) is 69.5 Å². The maximum Gasteiger partial charge on any atom is 0.0737 e. The summed E-state index contributed by atoms with van der Waals surface area (Å²) in [5.41, 5.74) is 7.99. The van der Waals surface area contributed by atoms with Gasteiger partial charge in [0.05, 0.1) is 12.1 Å². The molecule has 0 spiro atoms. The van der Waals surface area contributed by atoms with Crippen LogP contribution in [0.5, 0.6) is 0 Å². The van der Waals surface area contributed by atoms with Crippen LogP contribution >= 0.6 is 0 Å². The summed E-state index contributed by atoms with van der Waals surface area (Å²) in [5.74, 6) is 0.220. The first kappa shape index (κ1) is 19.4. The molecule has 1 aromatic heterocycles. The van der Waals surface area contributed by atoms with E-state index in [1.807, 2.05) is 18.5 Å². The molecule has 3 heterocycles. The van der Waals surface area contributed by atoms with Gasteiger partial charge in [-0.2, -0.15) is 5.10 Å². The van der Waals surface area contributed by atoms with Crippen molar-refractivity contribution in [3.8, 4) is 0 Å². The lowest BCUT2D eigenvalue weighted by Crippen LogP contribution is -2.30. The van der Waals surface area contributed by atoms with Crippen molar-refractivity contribution in [2.75, 3.05) is 6.61 Å². The van der Waals surface area contributed by atoms with Crippen LogP contribution in [0, 0.1) is 5.92 Å². The highest BCUT2D eigenvalue weighted by Crippen LogP contribution is 2.33. The quantitative estimate of drug-likeness (QED) is 0.586. The van der Waals surface area contributed by atoms with Gasteiger partial charge in [0.25, 0.3) is 0 Å². The van der Waals surface area contributed by atoms with Crippen LogP contribution in [-0.2, 0) is 6.42 Å². The van der Waals surface area contributed by atoms with Gasteiger partial charge in [0.2, 0.25) is 0 Å². The van der Waals surface area contributed by atoms with Gasteiger partial charge in [-0.25, -0.2) is 0 Å². The molecule has 1 aromatic rings. The van der Waals surface area contributed by atoms with Gasteiger partial charge < -0.3 is 15.8 Å². The van der Waals surface area contributed by atoms with E-state index in [1.54, 1.807) is 0 Å². The second-order valence-corrected chi connectivity index (χ2v) is 7.14. The third-order valence-corrected chi connectivity index (χ3v) is 5.21. The summed E-state index contributed by atoms with van der Waals surface area (Å²) < 4.78 is 0. The molecular formula is C22H30N4O. The van der Waals surface area contributed by atoms with E-state index >= 15 is 0 Å². The lowest BCUT2D eigenvalue weighted by atomic mass is 9.83. The molecule has 0 radical (unpaired) electrons. The number of aryl methyl sites for hydroxylation is 1. The molecule has 27 heavy (non-hydrogen) atoms. The minimum atomic E-state index is 0.133. The molecule has 2 aliphatic rings. The third-order valence-electron chi connectivity index (χ3n) is 5.21. The first-order chi connectivity index (χ1) is 13.3. The molecule has 3 N–H and O–H groups in total. The van der Waals surface area contributed by atoms with Crippen LogP contribution < -0.4 is 10.7 Å². The average molecular weight is 367 g/mol. The van der Waals surface area contributed by atoms with E-state index < -0.39 is 0 Å². The maximum atomic E-state index is 8.97. The average Bonchev–Trinajstić information content (AvgIpc) is 3.19. The van der Waals surface area contributed by atoms with Crippen molar-refractivity contribution >= 4 is 6.21 Å². The van der Waals surface area contributed by atoms with Gasteiger partial charge in [-0.15, -0.1) is 6.58 Å². The molecule has 0 aromatic carbocycles. The van der Waals surface area contributed by atoms with Gasteiger partial charge in [0, 0.05) is 36.8 Å². The highest BCUT2D eigenvalue weighted by atomic mass is 16.2. The van der Waals surface area contributed by atoms with Crippen molar-refractivity contribution in [3.05, 3.63) is 65.7 Å². The fourth-order valence-electron chi connectivity index (χ4n) is 3.60. The van der Waals surface area contributed by atoms with Crippen molar-refractivity contribution in [1.82, 2.24) is 15.7 Å². The first-order valence-electron chi connectivity index (χ1n) is 9.91. The van der Waals surface area contributed by atoms with Crippen LogP contribution in [0.4, 0.5) is 0 Å². The molecule has 0 saturated carbocycles. The Morgan fingerprint density at radius 1 is 1.26 bits per heavy atom. The molecule has 5 nitrogen and oxygen atoms in total. The van der Waals surface area contributed by atoms with Crippen LogP contribution in [-0.4, -0.2) is 29.0 Å². The van der Waals surface area contributed by atoms with E-state index in [9.17, 15) is 0 Å². The van der Waals surface area contributed by atoms with Crippen LogP contribution in [0.1, 0.15) is 49.9 Å². The number of hydrogen-bond donors (Lipinski definition) is 3. The van der Waals surface area contributed by atoms with Crippen LogP contribution in [0.3, 0.4) is 0 Å². The molecule has 144 valence electrons. The molecule has 5 heteroatoms. The van der Waals surface area contributed by atoms with Crippen molar-refractivity contribution in [3.63, 3.8) is 0 Å². The molecule has 0 amide bonds. The first-order valence-corrected chi connectivity index (χ1v) is 9.91. The van der Waals surface area contributed by atoms with Crippen LogP contribution in [0.25, 0.3) is 0 Å². The summed E-state index contributed by atoms with van der Waals surface area (Å²) in [6.07, 6.45) is 15.3. The standard InChI is InChI=1S/C22H30N4O/c1-3-5-7-16-12-22(17-9-10-18(23-13-17)8-6-11-27)24-14-19(16)20-15-25-26-21(20)4-2/h4,9-10,12-15,20-22,24,26-27H,2-3,5-8,11H2,1H3. The zero-order valence-electron chi connectivity index (χ0n) is 16.1. The van der Waals surface area contributed by atoms with Gasteiger partial charge in [0.1, 0.15) is 0 Å². The number of rotatable bonds is 9. The van der Waals surface area contributed by atoms with Crippen molar-refractivity contribution in [2.24, 2.45) is 11.0 Å². The number of aliphatic hydroxyl groups excluding tert-OH is 1. The summed E-state index contributed by atoms with van der Waals surface area (Å²) >= 11 is 0. The highest BCUT2D eigenvalue weighted by Gasteiger charge is 2.29. The smallest absolute Gasteiger partial charge is 0.0737 e. The second kappa shape index (κ2) is 9.51. The summed E-state index contributed by atoms with van der Waals surface area (Å²) in [6, 6.07) is 4.47. The minimum Gasteiger partial charge on any atom is -0.396 e. The van der Waals surface area contributed by atoms with Crippen molar-refractivity contribution in [2.45, 2.75) is 51.1 Å². The number of hydrazone groups is 1. The van der Waals surface area contributed by atoms with E-state index in [4.69, 9.17) is 5.11 Å². The second-order valence-electron chi connectivity index (χ2n) is 7.14. The lowest BCUT2D eigenvalue weighted by molar-refractivity contribution is 0.288. The summed E-state index contributed by atoms with van der Waals surface area (Å²) in [6.45, 7) is 6.36. The Morgan fingerprint density at radius 3 is 2.85 bits per heavy atom. The molecule has 3 atom stereocenters. The fourth-order valence-corrected chi connectivity index (χ4v) is 3.60. The Balaban J connectivity index is 1.78. The predicted molar refractivity (Wildman–Crippen MR) is 110 cm³/mol. The zero-order valence-corrected chi connectivity index (χ0v) is 16.1. The van der Waals surface area contributed by atoms with Gasteiger partial charge in [-0.3, -0.25) is 4.98 Å². The van der Waals surface area contributed by atoms with Gasteiger partial charge in [0.15, 0.2) is 0 Å². The number of nitrogens with one attached hydrogen (secondary N) is 2. The van der Waals surface area contributed by atoms with Crippen molar-refractivity contribution in [1.29, 1.82) is 0 Å². The summed E-state index contributed by atoms with van der Waals surface area (Å²) in [7, 11) is 0. The number of unbranched alkanes of at least 4 members (excludes halogenated alkanes) is 1. The monoisotopic (exact) mass is 366 g/mol. The molecular weight excluding hydrogens is 336 g/mol. The van der Waals surface area contributed by atoms with E-state index in [-0.39, 0.29) is 24.6 Å². The molecule has 0 saturated heterocycles. The Hall–Kier alpha value is -2.40. The largest absolute Gasteiger partial charge is 0.396 e. The van der Waals surface area contributed by atoms with Crippen LogP contribution in [0.15, 0.2) is 59.5 Å². The highest BCUT2D eigenvalue weighted by molar-refractivity contribution is 5.71. The zero-order chi connectivity index (χ0) is 19.1. The molecule has 0 fully saturated rings. The number of dihydropyridines is 1. The minimum absolute atomic E-state index is 0.133. The Labute approximate surface area is 162 Å².